The van der Waals surface area contributed by atoms with Gasteiger partial charge >= 0.3 is 0 Å². The van der Waals surface area contributed by atoms with Crippen LogP contribution in [0.1, 0.15) is 71.4 Å². The van der Waals surface area contributed by atoms with Gasteiger partial charge in [0.25, 0.3) is 0 Å². The molecule has 0 amide bonds. The molecule has 0 heterocycles. The van der Waals surface area contributed by atoms with E-state index in [2.05, 4.69) is 63.3 Å². The van der Waals surface area contributed by atoms with E-state index < -0.39 is 0 Å². The molecule has 112 valence electrons. The Bertz CT molecular complexity index is 384. The summed E-state index contributed by atoms with van der Waals surface area (Å²) in [6.45, 7) is 9.40. The van der Waals surface area contributed by atoms with Crippen LogP contribution in [0.3, 0.4) is 0 Å². The molecule has 1 fully saturated rings. The van der Waals surface area contributed by atoms with E-state index in [0.717, 1.165) is 5.92 Å². The summed E-state index contributed by atoms with van der Waals surface area (Å²) in [5.74, 6) is 0.876. The van der Waals surface area contributed by atoms with Crippen LogP contribution in [0.25, 0.3) is 0 Å². The second-order valence-electron chi connectivity index (χ2n) is 7.73. The van der Waals surface area contributed by atoms with Gasteiger partial charge in [-0.3, -0.25) is 0 Å². The Morgan fingerprint density at radius 2 is 1.70 bits per heavy atom. The largest absolute Gasteiger partial charge is 0.307 e. The lowest BCUT2D eigenvalue weighted by Gasteiger charge is -2.32. The zero-order chi connectivity index (χ0) is 14.6. The van der Waals surface area contributed by atoms with E-state index in [1.165, 1.54) is 37.7 Å². The highest BCUT2D eigenvalue weighted by molar-refractivity contribution is 5.19. The molecule has 0 aromatic heterocycles. The third kappa shape index (κ3) is 4.63. The highest BCUT2D eigenvalue weighted by atomic mass is 15.0. The fourth-order valence-electron chi connectivity index (χ4n) is 3.48. The van der Waals surface area contributed by atoms with Crippen LogP contribution in [-0.2, 0) is 0 Å². The number of rotatable bonds is 5. The molecular formula is C19H31N. The lowest BCUT2D eigenvalue weighted by Crippen LogP contribution is -2.37. The van der Waals surface area contributed by atoms with E-state index in [0.29, 0.717) is 17.5 Å². The molecule has 2 atom stereocenters. The minimum absolute atomic E-state index is 0.350. The first-order valence-corrected chi connectivity index (χ1v) is 8.27. The third-order valence-electron chi connectivity index (χ3n) is 4.59. The van der Waals surface area contributed by atoms with E-state index in [1.54, 1.807) is 0 Å². The lowest BCUT2D eigenvalue weighted by atomic mass is 9.84. The summed E-state index contributed by atoms with van der Waals surface area (Å²) in [4.78, 5) is 0. The molecule has 1 N–H and O–H groups in total. The molecule has 1 aromatic carbocycles. The standard InChI is InChI=1S/C19H31N/c1-15(16-10-8-9-11-16)20-18(14-19(2,3)4)17-12-6-5-7-13-17/h5-7,12-13,15-16,18,20H,8-11,14H2,1-4H3. The van der Waals surface area contributed by atoms with Gasteiger partial charge < -0.3 is 5.32 Å². The fourth-order valence-corrected chi connectivity index (χ4v) is 3.48. The topological polar surface area (TPSA) is 12.0 Å². The van der Waals surface area contributed by atoms with Crippen molar-refractivity contribution in [2.75, 3.05) is 0 Å². The smallest absolute Gasteiger partial charge is 0.0327 e. The van der Waals surface area contributed by atoms with E-state index in [4.69, 9.17) is 0 Å². The third-order valence-corrected chi connectivity index (χ3v) is 4.59. The molecule has 0 saturated heterocycles. The van der Waals surface area contributed by atoms with Crippen LogP contribution < -0.4 is 5.32 Å². The van der Waals surface area contributed by atoms with Crippen LogP contribution in [0.4, 0.5) is 0 Å². The summed E-state index contributed by atoms with van der Waals surface area (Å²) < 4.78 is 0. The van der Waals surface area contributed by atoms with E-state index >= 15 is 0 Å². The van der Waals surface area contributed by atoms with Crippen molar-refractivity contribution in [1.29, 1.82) is 0 Å². The Balaban J connectivity index is 2.06. The van der Waals surface area contributed by atoms with Gasteiger partial charge in [0, 0.05) is 12.1 Å². The van der Waals surface area contributed by atoms with Gasteiger partial charge in [-0.15, -0.1) is 0 Å². The molecular weight excluding hydrogens is 242 g/mol. The van der Waals surface area contributed by atoms with Crippen LogP contribution in [0.2, 0.25) is 0 Å². The van der Waals surface area contributed by atoms with Gasteiger partial charge in [0.2, 0.25) is 0 Å². The lowest BCUT2D eigenvalue weighted by molar-refractivity contribution is 0.268. The van der Waals surface area contributed by atoms with Crippen molar-refractivity contribution in [3.8, 4) is 0 Å². The zero-order valence-corrected chi connectivity index (χ0v) is 13.7. The summed E-state index contributed by atoms with van der Waals surface area (Å²) in [6, 6.07) is 12.1. The van der Waals surface area contributed by atoms with Crippen LogP contribution in [0.5, 0.6) is 0 Å². The monoisotopic (exact) mass is 273 g/mol. The number of benzene rings is 1. The molecule has 1 aromatic rings. The normalized spacial score (nSPS) is 20.0. The van der Waals surface area contributed by atoms with Gasteiger partial charge in [-0.2, -0.15) is 0 Å². The van der Waals surface area contributed by atoms with E-state index in [-0.39, 0.29) is 0 Å². The van der Waals surface area contributed by atoms with Crippen molar-refractivity contribution >= 4 is 0 Å². The Kier molecular flexibility index (Phi) is 5.26. The molecule has 1 aliphatic rings. The molecule has 1 saturated carbocycles. The minimum atomic E-state index is 0.350. The van der Waals surface area contributed by atoms with Gasteiger partial charge in [-0.25, -0.2) is 0 Å². The maximum atomic E-state index is 3.93. The van der Waals surface area contributed by atoms with Crippen LogP contribution >= 0.6 is 0 Å². The highest BCUT2D eigenvalue weighted by Gasteiger charge is 2.26. The van der Waals surface area contributed by atoms with Gasteiger partial charge in [-0.1, -0.05) is 63.9 Å². The summed E-state index contributed by atoms with van der Waals surface area (Å²) in [5, 5.41) is 3.93. The number of hydrogen-bond acceptors (Lipinski definition) is 1. The average molecular weight is 273 g/mol. The molecule has 0 bridgehead atoms. The SMILES string of the molecule is CC(NC(CC(C)(C)C)c1ccccc1)C1CCCC1. The van der Waals surface area contributed by atoms with Gasteiger partial charge in [0.05, 0.1) is 0 Å². The van der Waals surface area contributed by atoms with Crippen molar-refractivity contribution in [3.05, 3.63) is 35.9 Å². The number of hydrogen-bond donors (Lipinski definition) is 1. The molecule has 1 aliphatic carbocycles. The average Bonchev–Trinajstić information content (AvgIpc) is 2.91. The quantitative estimate of drug-likeness (QED) is 0.764. The second-order valence-corrected chi connectivity index (χ2v) is 7.73. The fraction of sp³-hybridized carbons (Fsp3) is 0.684. The molecule has 0 radical (unpaired) electrons. The summed E-state index contributed by atoms with van der Waals surface area (Å²) in [7, 11) is 0. The highest BCUT2D eigenvalue weighted by Crippen LogP contribution is 2.33. The Morgan fingerprint density at radius 3 is 2.25 bits per heavy atom. The molecule has 1 heteroatoms. The maximum absolute atomic E-state index is 3.93. The molecule has 0 aliphatic heterocycles. The van der Waals surface area contributed by atoms with Gasteiger partial charge in [0.1, 0.15) is 0 Å². The van der Waals surface area contributed by atoms with Crippen LogP contribution in [0, 0.1) is 11.3 Å². The molecule has 0 spiro atoms. The predicted octanol–water partition coefficient (Wildman–Crippen LogP) is 5.33. The first-order chi connectivity index (χ1) is 9.46. The molecule has 1 nitrogen and oxygen atoms in total. The second kappa shape index (κ2) is 6.76. The summed E-state index contributed by atoms with van der Waals surface area (Å²) in [6.07, 6.45) is 6.85. The minimum Gasteiger partial charge on any atom is -0.307 e. The van der Waals surface area contributed by atoms with E-state index in [9.17, 15) is 0 Å². The van der Waals surface area contributed by atoms with Gasteiger partial charge in [0.15, 0.2) is 0 Å². The Labute approximate surface area is 125 Å². The first kappa shape index (κ1) is 15.6. The molecule has 2 unspecified atom stereocenters. The van der Waals surface area contributed by atoms with E-state index in [1.807, 2.05) is 0 Å². The zero-order valence-electron chi connectivity index (χ0n) is 13.7. The van der Waals surface area contributed by atoms with Gasteiger partial charge in [-0.05, 0) is 43.1 Å². The maximum Gasteiger partial charge on any atom is 0.0327 e. The molecule has 20 heavy (non-hydrogen) atoms. The van der Waals surface area contributed by atoms with Crippen LogP contribution in [-0.4, -0.2) is 6.04 Å². The van der Waals surface area contributed by atoms with Crippen molar-refractivity contribution in [1.82, 2.24) is 5.32 Å². The van der Waals surface area contributed by atoms with Crippen molar-refractivity contribution in [3.63, 3.8) is 0 Å². The van der Waals surface area contributed by atoms with Crippen molar-refractivity contribution in [2.24, 2.45) is 11.3 Å². The Hall–Kier alpha value is -0.820. The van der Waals surface area contributed by atoms with Crippen molar-refractivity contribution in [2.45, 2.75) is 71.9 Å². The number of nitrogens with one attached hydrogen (secondary N) is 1. The van der Waals surface area contributed by atoms with Crippen LogP contribution in [0.15, 0.2) is 30.3 Å². The summed E-state index contributed by atoms with van der Waals surface area (Å²) >= 11 is 0. The Morgan fingerprint density at radius 1 is 1.10 bits per heavy atom. The van der Waals surface area contributed by atoms with Crippen molar-refractivity contribution < 1.29 is 0 Å². The summed E-state index contributed by atoms with van der Waals surface area (Å²) in [5.41, 5.74) is 1.79. The predicted molar refractivity (Wildman–Crippen MR) is 87.8 cm³/mol. The molecule has 2 rings (SSSR count). The first-order valence-electron chi connectivity index (χ1n) is 8.27.